The minimum Gasteiger partial charge on any atom is -0.481 e. The Kier molecular flexibility index (Phi) is 3.99. The van der Waals surface area contributed by atoms with E-state index >= 15 is 0 Å². The standard InChI is InChI=1S/C18H18N4O3S/c1-9-15-12(17(23)19-11-6-10(7-11)18(24)25)8-13(14-4-3-5-26-14)20-16(15)22(2)21-9/h3-5,8,10-11H,6-7H2,1-2H3,(H,19,23)(H,24,25). The van der Waals surface area contributed by atoms with Crippen LogP contribution in [0.1, 0.15) is 28.9 Å². The summed E-state index contributed by atoms with van der Waals surface area (Å²) < 4.78 is 1.68. The summed E-state index contributed by atoms with van der Waals surface area (Å²) in [6.45, 7) is 1.86. The minimum atomic E-state index is -0.801. The lowest BCUT2D eigenvalue weighted by Gasteiger charge is -2.32. The van der Waals surface area contributed by atoms with Crippen LogP contribution in [0.15, 0.2) is 23.6 Å². The van der Waals surface area contributed by atoms with Gasteiger partial charge in [0.25, 0.3) is 5.91 Å². The molecule has 26 heavy (non-hydrogen) atoms. The highest BCUT2D eigenvalue weighted by molar-refractivity contribution is 7.13. The van der Waals surface area contributed by atoms with Gasteiger partial charge < -0.3 is 10.4 Å². The Morgan fingerprint density at radius 2 is 2.15 bits per heavy atom. The van der Waals surface area contributed by atoms with Crippen molar-refractivity contribution in [2.75, 3.05) is 0 Å². The number of fused-ring (bicyclic) bond motifs is 1. The van der Waals surface area contributed by atoms with E-state index in [0.29, 0.717) is 24.1 Å². The number of aryl methyl sites for hydroxylation is 2. The van der Waals surface area contributed by atoms with Crippen molar-refractivity contribution < 1.29 is 14.7 Å². The summed E-state index contributed by atoms with van der Waals surface area (Å²) in [7, 11) is 1.81. The fourth-order valence-corrected chi connectivity index (χ4v) is 4.06. The quantitative estimate of drug-likeness (QED) is 0.736. The fourth-order valence-electron chi connectivity index (χ4n) is 3.37. The summed E-state index contributed by atoms with van der Waals surface area (Å²) >= 11 is 1.56. The number of amides is 1. The molecule has 2 N–H and O–H groups in total. The average molecular weight is 370 g/mol. The average Bonchev–Trinajstić information content (AvgIpc) is 3.18. The van der Waals surface area contributed by atoms with Crippen molar-refractivity contribution in [2.45, 2.75) is 25.8 Å². The predicted molar refractivity (Wildman–Crippen MR) is 98.2 cm³/mol. The predicted octanol–water partition coefficient (Wildman–Crippen LogP) is 2.60. The van der Waals surface area contributed by atoms with Crippen molar-refractivity contribution in [1.29, 1.82) is 0 Å². The first-order valence-corrected chi connectivity index (χ1v) is 9.24. The largest absolute Gasteiger partial charge is 0.481 e. The first-order valence-electron chi connectivity index (χ1n) is 8.36. The van der Waals surface area contributed by atoms with Gasteiger partial charge in [0.15, 0.2) is 5.65 Å². The van der Waals surface area contributed by atoms with E-state index in [1.54, 1.807) is 22.1 Å². The minimum absolute atomic E-state index is 0.103. The molecule has 0 saturated heterocycles. The summed E-state index contributed by atoms with van der Waals surface area (Å²) in [6, 6.07) is 5.60. The third-order valence-corrected chi connectivity index (χ3v) is 5.70. The third-order valence-electron chi connectivity index (χ3n) is 4.81. The zero-order valence-corrected chi connectivity index (χ0v) is 15.2. The van der Waals surface area contributed by atoms with E-state index in [4.69, 9.17) is 5.11 Å². The van der Waals surface area contributed by atoms with Crippen LogP contribution in [-0.2, 0) is 11.8 Å². The number of aromatic nitrogens is 3. The molecule has 1 aliphatic rings. The lowest BCUT2D eigenvalue weighted by molar-refractivity contribution is -0.145. The van der Waals surface area contributed by atoms with Crippen molar-refractivity contribution in [2.24, 2.45) is 13.0 Å². The zero-order chi connectivity index (χ0) is 18.4. The second kappa shape index (κ2) is 6.21. The molecule has 3 aromatic heterocycles. The van der Waals surface area contributed by atoms with Gasteiger partial charge in [0.05, 0.1) is 33.1 Å². The van der Waals surface area contributed by atoms with Crippen LogP contribution in [0.3, 0.4) is 0 Å². The van der Waals surface area contributed by atoms with Crippen molar-refractivity contribution in [3.05, 3.63) is 34.8 Å². The normalized spacial score (nSPS) is 19.3. The lowest BCUT2D eigenvalue weighted by Crippen LogP contribution is -2.46. The van der Waals surface area contributed by atoms with Crippen molar-refractivity contribution in [1.82, 2.24) is 20.1 Å². The second-order valence-electron chi connectivity index (χ2n) is 6.62. The monoisotopic (exact) mass is 370 g/mol. The second-order valence-corrected chi connectivity index (χ2v) is 7.56. The van der Waals surface area contributed by atoms with E-state index < -0.39 is 5.97 Å². The fraction of sp³-hybridized carbons (Fsp3) is 0.333. The highest BCUT2D eigenvalue weighted by Gasteiger charge is 2.35. The van der Waals surface area contributed by atoms with E-state index in [1.165, 1.54) is 0 Å². The third kappa shape index (κ3) is 2.76. The molecule has 0 aromatic carbocycles. The Labute approximate surface area is 153 Å². The van der Waals surface area contributed by atoms with Crippen LogP contribution in [0, 0.1) is 12.8 Å². The number of thiophene rings is 1. The highest BCUT2D eigenvalue weighted by atomic mass is 32.1. The molecular weight excluding hydrogens is 352 g/mol. The summed E-state index contributed by atoms with van der Waals surface area (Å²) in [4.78, 5) is 29.5. The van der Waals surface area contributed by atoms with Gasteiger partial charge in [0.2, 0.25) is 0 Å². The maximum absolute atomic E-state index is 12.9. The summed E-state index contributed by atoms with van der Waals surface area (Å²) in [5.74, 6) is -1.37. The molecule has 1 amide bonds. The van der Waals surface area contributed by atoms with Crippen LogP contribution in [0.25, 0.3) is 21.6 Å². The number of rotatable bonds is 4. The van der Waals surface area contributed by atoms with Crippen LogP contribution in [0.4, 0.5) is 0 Å². The van der Waals surface area contributed by atoms with Crippen molar-refractivity contribution >= 4 is 34.2 Å². The number of pyridine rings is 1. The van der Waals surface area contributed by atoms with Gasteiger partial charge in [-0.25, -0.2) is 4.98 Å². The van der Waals surface area contributed by atoms with Gasteiger partial charge in [0.1, 0.15) is 0 Å². The van der Waals surface area contributed by atoms with Crippen LogP contribution >= 0.6 is 11.3 Å². The number of carbonyl (C=O) groups excluding carboxylic acids is 1. The number of nitrogens with zero attached hydrogens (tertiary/aromatic N) is 3. The summed E-state index contributed by atoms with van der Waals surface area (Å²) in [6.07, 6.45) is 0.943. The SMILES string of the molecule is Cc1nn(C)c2nc(-c3cccs3)cc(C(=O)NC3CC(C(=O)O)C3)c12. The molecule has 8 heteroatoms. The molecular formula is C18H18N4O3S. The zero-order valence-electron chi connectivity index (χ0n) is 14.4. The number of hydrogen-bond donors (Lipinski definition) is 2. The summed E-state index contributed by atoms with van der Waals surface area (Å²) in [5.41, 5.74) is 2.67. The number of aliphatic carboxylic acids is 1. The van der Waals surface area contributed by atoms with Crippen LogP contribution in [0.5, 0.6) is 0 Å². The Morgan fingerprint density at radius 3 is 2.81 bits per heavy atom. The molecule has 1 saturated carbocycles. The maximum Gasteiger partial charge on any atom is 0.306 e. The molecule has 134 valence electrons. The highest BCUT2D eigenvalue weighted by Crippen LogP contribution is 2.31. The van der Waals surface area contributed by atoms with Gasteiger partial charge in [0, 0.05) is 13.1 Å². The maximum atomic E-state index is 12.9. The molecule has 1 aliphatic carbocycles. The van der Waals surface area contributed by atoms with Gasteiger partial charge >= 0.3 is 5.97 Å². The number of carboxylic acids is 1. The molecule has 3 aromatic rings. The molecule has 1 fully saturated rings. The van der Waals surface area contributed by atoms with Crippen molar-refractivity contribution in [3.63, 3.8) is 0 Å². The number of carboxylic acid groups (broad SMARTS) is 1. The van der Waals surface area contributed by atoms with Gasteiger partial charge in [-0.2, -0.15) is 5.10 Å². The smallest absolute Gasteiger partial charge is 0.306 e. The summed E-state index contributed by atoms with van der Waals surface area (Å²) in [5, 5.41) is 19.1. The van der Waals surface area contributed by atoms with Crippen LogP contribution in [0.2, 0.25) is 0 Å². The molecule has 0 atom stereocenters. The van der Waals surface area contributed by atoms with Crippen molar-refractivity contribution in [3.8, 4) is 10.6 Å². The van der Waals surface area contributed by atoms with E-state index in [1.807, 2.05) is 31.5 Å². The number of hydrogen-bond acceptors (Lipinski definition) is 5. The van der Waals surface area contributed by atoms with Crippen LogP contribution in [-0.4, -0.2) is 37.8 Å². The first kappa shape index (κ1) is 16.7. The van der Waals surface area contributed by atoms with Crippen LogP contribution < -0.4 is 5.32 Å². The van der Waals surface area contributed by atoms with Gasteiger partial charge in [-0.1, -0.05) is 6.07 Å². The molecule has 0 bridgehead atoms. The Morgan fingerprint density at radius 1 is 1.38 bits per heavy atom. The first-order chi connectivity index (χ1) is 12.4. The lowest BCUT2D eigenvalue weighted by atomic mass is 9.80. The molecule has 0 unspecified atom stereocenters. The molecule has 0 spiro atoms. The molecule has 7 nitrogen and oxygen atoms in total. The number of nitrogens with one attached hydrogen (secondary N) is 1. The Bertz CT molecular complexity index is 1000. The molecule has 0 radical (unpaired) electrons. The van der Waals surface area contributed by atoms with Gasteiger partial charge in [-0.05, 0) is 37.3 Å². The van der Waals surface area contributed by atoms with E-state index in [-0.39, 0.29) is 17.9 Å². The number of carbonyl (C=O) groups is 2. The van der Waals surface area contributed by atoms with E-state index in [9.17, 15) is 9.59 Å². The molecule has 4 rings (SSSR count). The molecule has 3 heterocycles. The molecule has 0 aliphatic heterocycles. The van der Waals surface area contributed by atoms with Gasteiger partial charge in [-0.15, -0.1) is 11.3 Å². The topological polar surface area (TPSA) is 97.1 Å². The van der Waals surface area contributed by atoms with E-state index in [2.05, 4.69) is 15.4 Å². The van der Waals surface area contributed by atoms with E-state index in [0.717, 1.165) is 21.7 Å². The Hall–Kier alpha value is -2.74. The van der Waals surface area contributed by atoms with Gasteiger partial charge in [-0.3, -0.25) is 14.3 Å². The Balaban J connectivity index is 1.71.